The zero-order valence-corrected chi connectivity index (χ0v) is 12.6. The van der Waals surface area contributed by atoms with Crippen LogP contribution in [0, 0.1) is 0 Å². The van der Waals surface area contributed by atoms with Crippen molar-refractivity contribution in [3.8, 4) is 0 Å². The minimum atomic E-state index is -3.60. The normalized spacial score (nSPS) is 12.7. The quantitative estimate of drug-likeness (QED) is 0.893. The van der Waals surface area contributed by atoms with Crippen LogP contribution in [0.25, 0.3) is 0 Å². The lowest BCUT2D eigenvalue weighted by Gasteiger charge is -2.21. The summed E-state index contributed by atoms with van der Waals surface area (Å²) in [5.41, 5.74) is 0.331. The molecule has 0 amide bonds. The Hall–Kier alpha value is -0.620. The number of hydrogen-bond acceptors (Lipinski definition) is 3. The van der Waals surface area contributed by atoms with Gasteiger partial charge in [0.15, 0.2) is 0 Å². The molecule has 1 aromatic carbocycles. The van der Waals surface area contributed by atoms with Gasteiger partial charge in [-0.05, 0) is 45.5 Å². The fourth-order valence-electron chi connectivity index (χ4n) is 1.53. The van der Waals surface area contributed by atoms with E-state index in [0.717, 1.165) is 5.56 Å². The molecule has 0 heterocycles. The van der Waals surface area contributed by atoms with Gasteiger partial charge in [0.2, 0.25) is 10.0 Å². The minimum absolute atomic E-state index is 0.117. The van der Waals surface area contributed by atoms with E-state index >= 15 is 0 Å². The van der Waals surface area contributed by atoms with E-state index in [1.165, 1.54) is 0 Å². The molecule has 0 bridgehead atoms. The molecule has 0 unspecified atom stereocenters. The van der Waals surface area contributed by atoms with Gasteiger partial charge in [0.25, 0.3) is 0 Å². The summed E-state index contributed by atoms with van der Waals surface area (Å²) < 4.78 is 27.0. The first-order valence-electron chi connectivity index (χ1n) is 5.63. The van der Waals surface area contributed by atoms with Crippen molar-refractivity contribution in [2.24, 2.45) is 0 Å². The Kier molecular flexibility index (Phi) is 4.78. The van der Waals surface area contributed by atoms with Gasteiger partial charge in [0, 0.05) is 12.1 Å². The summed E-state index contributed by atoms with van der Waals surface area (Å²) in [6.45, 7) is 5.96. The van der Waals surface area contributed by atoms with E-state index in [-0.39, 0.29) is 9.92 Å². The molecule has 0 radical (unpaired) electrons. The average molecular weight is 291 g/mol. The molecule has 0 aliphatic heterocycles. The molecule has 102 valence electrons. The van der Waals surface area contributed by atoms with Crippen molar-refractivity contribution in [2.45, 2.75) is 37.8 Å². The van der Waals surface area contributed by atoms with Gasteiger partial charge in [-0.2, -0.15) is 0 Å². The van der Waals surface area contributed by atoms with Crippen LogP contribution in [0.15, 0.2) is 23.1 Å². The lowest BCUT2D eigenvalue weighted by Crippen LogP contribution is -2.40. The van der Waals surface area contributed by atoms with Crippen molar-refractivity contribution in [1.29, 1.82) is 0 Å². The summed E-state index contributed by atoms with van der Waals surface area (Å²) in [5, 5.41) is 3.20. The van der Waals surface area contributed by atoms with Crippen LogP contribution in [0.3, 0.4) is 0 Å². The highest BCUT2D eigenvalue weighted by Gasteiger charge is 2.24. The van der Waals surface area contributed by atoms with E-state index in [1.807, 2.05) is 0 Å². The first-order chi connectivity index (χ1) is 8.15. The first-order valence-corrected chi connectivity index (χ1v) is 7.49. The third kappa shape index (κ3) is 4.24. The Bertz CT molecular complexity index is 521. The molecule has 0 aliphatic rings. The molecule has 0 spiro atoms. The lowest BCUT2D eigenvalue weighted by molar-refractivity contribution is 0.491. The summed E-state index contributed by atoms with van der Waals surface area (Å²) in [6.07, 6.45) is 0. The number of halogens is 1. The molecule has 0 atom stereocenters. The molecular formula is C12H19ClN2O2S. The highest BCUT2D eigenvalue weighted by atomic mass is 35.5. The summed E-state index contributed by atoms with van der Waals surface area (Å²) in [4.78, 5) is 0.117. The number of sulfonamides is 1. The summed E-state index contributed by atoms with van der Waals surface area (Å²) in [7, 11) is -1.80. The van der Waals surface area contributed by atoms with Gasteiger partial charge in [-0.1, -0.05) is 17.7 Å². The number of nitrogens with one attached hydrogen (secondary N) is 2. The van der Waals surface area contributed by atoms with Crippen LogP contribution in [0.1, 0.15) is 26.3 Å². The minimum Gasteiger partial charge on any atom is -0.316 e. The average Bonchev–Trinajstić information content (AvgIpc) is 2.17. The second-order valence-corrected chi connectivity index (χ2v) is 7.21. The lowest BCUT2D eigenvalue weighted by atomic mass is 10.1. The molecule has 0 aromatic heterocycles. The molecule has 0 saturated heterocycles. The van der Waals surface area contributed by atoms with E-state index in [0.29, 0.717) is 6.54 Å². The van der Waals surface area contributed by atoms with Crippen LogP contribution in [-0.2, 0) is 16.6 Å². The first kappa shape index (κ1) is 15.4. The van der Waals surface area contributed by atoms with E-state index in [9.17, 15) is 8.42 Å². The van der Waals surface area contributed by atoms with Gasteiger partial charge >= 0.3 is 0 Å². The monoisotopic (exact) mass is 290 g/mol. The van der Waals surface area contributed by atoms with Gasteiger partial charge in [0.05, 0.1) is 5.02 Å². The maximum Gasteiger partial charge on any atom is 0.242 e. The number of hydrogen-bond donors (Lipinski definition) is 2. The Morgan fingerprint density at radius 1 is 1.28 bits per heavy atom. The molecule has 1 rings (SSSR count). The highest BCUT2D eigenvalue weighted by Crippen LogP contribution is 2.23. The largest absolute Gasteiger partial charge is 0.316 e. The van der Waals surface area contributed by atoms with Gasteiger partial charge in [-0.3, -0.25) is 0 Å². The maximum absolute atomic E-state index is 12.2. The standard InChI is InChI=1S/C12H19ClN2O2S/c1-12(2,3)15-18(16,17)11-7-9(8-14-4)5-6-10(11)13/h5-7,14-15H,8H2,1-4H3. The van der Waals surface area contributed by atoms with Crippen molar-refractivity contribution in [3.05, 3.63) is 28.8 Å². The van der Waals surface area contributed by atoms with Gasteiger partial charge < -0.3 is 5.32 Å². The molecule has 0 fully saturated rings. The summed E-state index contributed by atoms with van der Waals surface area (Å²) in [5.74, 6) is 0. The van der Waals surface area contributed by atoms with Crippen molar-refractivity contribution in [3.63, 3.8) is 0 Å². The maximum atomic E-state index is 12.2. The third-order valence-electron chi connectivity index (χ3n) is 2.11. The van der Waals surface area contributed by atoms with Crippen LogP contribution < -0.4 is 10.0 Å². The summed E-state index contributed by atoms with van der Waals surface area (Å²) in [6, 6.07) is 4.99. The molecule has 0 saturated carbocycles. The van der Waals surface area contributed by atoms with E-state index in [4.69, 9.17) is 11.6 Å². The molecular weight excluding hydrogens is 272 g/mol. The van der Waals surface area contributed by atoms with Crippen molar-refractivity contribution in [2.75, 3.05) is 7.05 Å². The molecule has 6 heteroatoms. The molecule has 18 heavy (non-hydrogen) atoms. The predicted molar refractivity (Wildman–Crippen MR) is 74.3 cm³/mol. The van der Waals surface area contributed by atoms with Crippen molar-refractivity contribution in [1.82, 2.24) is 10.0 Å². The fourth-order valence-corrected chi connectivity index (χ4v) is 3.50. The van der Waals surface area contributed by atoms with Gasteiger partial charge in [0.1, 0.15) is 4.90 Å². The van der Waals surface area contributed by atoms with Crippen LogP contribution in [0.4, 0.5) is 0 Å². The van der Waals surface area contributed by atoms with Crippen molar-refractivity contribution < 1.29 is 8.42 Å². The van der Waals surface area contributed by atoms with Gasteiger partial charge in [-0.25, -0.2) is 13.1 Å². The molecule has 4 nitrogen and oxygen atoms in total. The zero-order chi connectivity index (χ0) is 14.0. The molecule has 2 N–H and O–H groups in total. The topological polar surface area (TPSA) is 58.2 Å². The van der Waals surface area contributed by atoms with Crippen LogP contribution >= 0.6 is 11.6 Å². The SMILES string of the molecule is CNCc1ccc(Cl)c(S(=O)(=O)NC(C)(C)C)c1. The third-order valence-corrected chi connectivity index (χ3v) is 4.35. The summed E-state index contributed by atoms with van der Waals surface area (Å²) >= 11 is 5.97. The molecule has 1 aromatic rings. The smallest absolute Gasteiger partial charge is 0.242 e. The van der Waals surface area contributed by atoms with E-state index in [1.54, 1.807) is 46.0 Å². The van der Waals surface area contributed by atoms with Gasteiger partial charge in [-0.15, -0.1) is 0 Å². The number of rotatable bonds is 4. The Labute approximate surface area is 114 Å². The predicted octanol–water partition coefficient (Wildman–Crippen LogP) is 2.14. The second-order valence-electron chi connectivity index (χ2n) is 5.15. The second kappa shape index (κ2) is 5.57. The van der Waals surface area contributed by atoms with Crippen LogP contribution in [-0.4, -0.2) is 21.0 Å². The fraction of sp³-hybridized carbons (Fsp3) is 0.500. The highest BCUT2D eigenvalue weighted by molar-refractivity contribution is 7.89. The van der Waals surface area contributed by atoms with Crippen molar-refractivity contribution >= 4 is 21.6 Å². The Balaban J connectivity index is 3.19. The van der Waals surface area contributed by atoms with Crippen LogP contribution in [0.2, 0.25) is 5.02 Å². The zero-order valence-electron chi connectivity index (χ0n) is 11.0. The molecule has 0 aliphatic carbocycles. The Morgan fingerprint density at radius 3 is 2.39 bits per heavy atom. The number of benzene rings is 1. The van der Waals surface area contributed by atoms with E-state index in [2.05, 4.69) is 10.0 Å². The Morgan fingerprint density at radius 2 is 1.89 bits per heavy atom. The van der Waals surface area contributed by atoms with Crippen LogP contribution in [0.5, 0.6) is 0 Å². The van der Waals surface area contributed by atoms with E-state index < -0.39 is 15.6 Å².